The fourth-order valence-corrected chi connectivity index (χ4v) is 6.35. The molecular weight excluding hydrogens is 713 g/mol. The van der Waals surface area contributed by atoms with Gasteiger partial charge in [-0.15, -0.1) is 65.0 Å². The third-order valence-corrected chi connectivity index (χ3v) is 8.20. The summed E-state index contributed by atoms with van der Waals surface area (Å²) >= 11 is 0. The van der Waals surface area contributed by atoms with E-state index in [0.717, 1.165) is 27.9 Å². The second-order valence-electron chi connectivity index (χ2n) is 10.8. The van der Waals surface area contributed by atoms with E-state index in [9.17, 15) is 0 Å². The molecule has 0 saturated heterocycles. The zero-order chi connectivity index (χ0) is 28.8. The van der Waals surface area contributed by atoms with Crippen molar-refractivity contribution in [1.82, 2.24) is 9.97 Å². The predicted molar refractivity (Wildman–Crippen MR) is 180 cm³/mol. The van der Waals surface area contributed by atoms with E-state index in [-0.39, 0.29) is 20.1 Å². The van der Waals surface area contributed by atoms with Crippen LogP contribution in [0, 0.1) is 19.1 Å². The molecule has 0 aliphatic heterocycles. The molecule has 1 radical (unpaired) electrons. The summed E-state index contributed by atoms with van der Waals surface area (Å²) in [5.41, 5.74) is 6.50. The number of hydrogen-bond donors (Lipinski definition) is 0. The summed E-state index contributed by atoms with van der Waals surface area (Å²) in [7, 11) is 0. The van der Waals surface area contributed by atoms with E-state index >= 15 is 0 Å². The van der Waals surface area contributed by atoms with Gasteiger partial charge in [0, 0.05) is 32.0 Å². The fourth-order valence-electron chi connectivity index (χ4n) is 6.35. The van der Waals surface area contributed by atoms with E-state index in [1.807, 2.05) is 48.5 Å². The first-order chi connectivity index (χ1) is 21.3. The Hall–Kier alpha value is -4.95. The second kappa shape index (κ2) is 11.6. The fraction of sp³-hybridized carbons (Fsp3) is 0.0244. The van der Waals surface area contributed by atoms with E-state index in [2.05, 4.69) is 109 Å². The van der Waals surface area contributed by atoms with Gasteiger partial charge in [0.25, 0.3) is 0 Å². The minimum absolute atomic E-state index is 0. The Labute approximate surface area is 269 Å². The number of rotatable bonds is 2. The average Bonchev–Trinajstić information content (AvgIpc) is 3.09. The number of aromatic nitrogens is 2. The molecule has 0 aliphatic rings. The first kappa shape index (κ1) is 27.9. The van der Waals surface area contributed by atoms with Crippen LogP contribution in [0.5, 0.6) is 0 Å². The number of pyridine rings is 2. The van der Waals surface area contributed by atoms with Crippen LogP contribution in [-0.4, -0.2) is 9.97 Å². The number of fused-ring (bicyclic) bond motifs is 6. The molecule has 3 heteroatoms. The molecule has 0 aliphatic carbocycles. The van der Waals surface area contributed by atoms with Gasteiger partial charge in [0.15, 0.2) is 0 Å². The van der Waals surface area contributed by atoms with Gasteiger partial charge in [-0.2, -0.15) is 0 Å². The van der Waals surface area contributed by atoms with Gasteiger partial charge < -0.3 is 9.97 Å². The summed E-state index contributed by atoms with van der Waals surface area (Å²) in [5, 5.41) is 11.4. The molecule has 211 valence electrons. The molecule has 9 rings (SSSR count). The van der Waals surface area contributed by atoms with E-state index in [1.54, 1.807) is 6.20 Å². The third-order valence-electron chi connectivity index (χ3n) is 8.20. The van der Waals surface area contributed by atoms with Crippen molar-refractivity contribution in [2.24, 2.45) is 0 Å². The maximum absolute atomic E-state index is 4.93. The largest absolute Gasteiger partial charge is 0.305 e. The molecule has 0 saturated carbocycles. The summed E-state index contributed by atoms with van der Waals surface area (Å²) in [5.74, 6) is 0. The Kier molecular flexibility index (Phi) is 7.36. The van der Waals surface area contributed by atoms with Crippen LogP contribution in [0.25, 0.3) is 76.4 Å². The second-order valence-corrected chi connectivity index (χ2v) is 10.8. The third kappa shape index (κ3) is 4.72. The van der Waals surface area contributed by atoms with Crippen LogP contribution in [0.15, 0.2) is 140 Å². The maximum atomic E-state index is 4.93. The summed E-state index contributed by atoms with van der Waals surface area (Å²) in [6, 6.07) is 52.9. The van der Waals surface area contributed by atoms with Gasteiger partial charge in [-0.25, -0.2) is 0 Å². The molecule has 44 heavy (non-hydrogen) atoms. The SMILES string of the molecule is Cc1cc2c3ccccc3c3cccc4c5ccc[c-]c5c(n1)c2c43.[Ir].[c-]1ccc(-c2ccccc2)cc1-c1ccccn1. The molecular formula is C41H26IrN2-2. The normalized spacial score (nSPS) is 11.1. The van der Waals surface area contributed by atoms with Crippen LogP contribution in [0.1, 0.15) is 5.69 Å². The van der Waals surface area contributed by atoms with Crippen molar-refractivity contribution >= 4 is 54.0 Å². The van der Waals surface area contributed by atoms with Crippen LogP contribution < -0.4 is 0 Å². The first-order valence-corrected chi connectivity index (χ1v) is 14.5. The maximum Gasteiger partial charge on any atom is 0.0272 e. The Morgan fingerprint density at radius 2 is 1.23 bits per heavy atom. The van der Waals surface area contributed by atoms with Gasteiger partial charge >= 0.3 is 0 Å². The van der Waals surface area contributed by atoms with Crippen molar-refractivity contribution in [3.63, 3.8) is 0 Å². The first-order valence-electron chi connectivity index (χ1n) is 14.5. The quantitative estimate of drug-likeness (QED) is 0.100. The van der Waals surface area contributed by atoms with E-state index in [0.29, 0.717) is 0 Å². The molecule has 2 aromatic heterocycles. The van der Waals surface area contributed by atoms with E-state index in [1.165, 1.54) is 54.2 Å². The summed E-state index contributed by atoms with van der Waals surface area (Å²) in [4.78, 5) is 9.28. The van der Waals surface area contributed by atoms with Crippen molar-refractivity contribution < 1.29 is 20.1 Å². The number of hydrogen-bond acceptors (Lipinski definition) is 2. The molecule has 2 heterocycles. The van der Waals surface area contributed by atoms with E-state index < -0.39 is 0 Å². The van der Waals surface area contributed by atoms with Crippen LogP contribution in [0.3, 0.4) is 0 Å². The molecule has 0 fully saturated rings. The molecule has 0 bridgehead atoms. The van der Waals surface area contributed by atoms with Gasteiger partial charge in [-0.3, -0.25) is 0 Å². The molecule has 2 nitrogen and oxygen atoms in total. The molecule has 0 N–H and O–H groups in total. The van der Waals surface area contributed by atoms with Crippen LogP contribution >= 0.6 is 0 Å². The standard InChI is InChI=1S/C24H14N.C17H12N.Ir/c1-14-13-21-16-8-3-2-7-15(16)18-11-6-12-19-17-9-4-5-10-20(17)24(25-14)23(21)22(18)19;1-2-7-14(8-3-1)15-9-6-10-16(13-15)17-11-4-5-12-18-17;/h2-9,11-13H,1H3;1-9,11-13H;/q2*-1;. The van der Waals surface area contributed by atoms with Crippen molar-refractivity contribution in [1.29, 1.82) is 0 Å². The van der Waals surface area contributed by atoms with E-state index in [4.69, 9.17) is 4.98 Å². The van der Waals surface area contributed by atoms with Gasteiger partial charge in [-0.1, -0.05) is 95.7 Å². The summed E-state index contributed by atoms with van der Waals surface area (Å²) in [6.07, 6.45) is 1.80. The molecule has 7 aromatic carbocycles. The number of benzene rings is 7. The zero-order valence-electron chi connectivity index (χ0n) is 24.0. The monoisotopic (exact) mass is 739 g/mol. The molecule has 0 spiro atoms. The van der Waals surface area contributed by atoms with Gasteiger partial charge in [-0.05, 0) is 68.1 Å². The minimum Gasteiger partial charge on any atom is -0.305 e. The molecule has 0 amide bonds. The van der Waals surface area contributed by atoms with Crippen LogP contribution in [0.2, 0.25) is 0 Å². The Bertz CT molecular complexity index is 2240. The van der Waals surface area contributed by atoms with Crippen LogP contribution in [0.4, 0.5) is 0 Å². The summed E-state index contributed by atoms with van der Waals surface area (Å²) in [6.45, 7) is 2.08. The van der Waals surface area contributed by atoms with Crippen molar-refractivity contribution in [2.75, 3.05) is 0 Å². The molecule has 9 aromatic rings. The zero-order valence-corrected chi connectivity index (χ0v) is 26.4. The number of nitrogens with zero attached hydrogens (tertiary/aromatic N) is 2. The molecule has 0 atom stereocenters. The van der Waals surface area contributed by atoms with Gasteiger partial charge in [0.1, 0.15) is 0 Å². The van der Waals surface area contributed by atoms with Crippen molar-refractivity contribution in [3.05, 3.63) is 157 Å². The van der Waals surface area contributed by atoms with Crippen LogP contribution in [-0.2, 0) is 20.1 Å². The predicted octanol–water partition coefficient (Wildman–Crippen LogP) is 10.6. The molecule has 0 unspecified atom stereocenters. The smallest absolute Gasteiger partial charge is 0.0272 e. The Balaban J connectivity index is 0.000000147. The summed E-state index contributed by atoms with van der Waals surface area (Å²) < 4.78 is 0. The number of aryl methyl sites for hydroxylation is 1. The Morgan fingerprint density at radius 1 is 0.523 bits per heavy atom. The van der Waals surface area contributed by atoms with Gasteiger partial charge in [0.2, 0.25) is 0 Å². The van der Waals surface area contributed by atoms with Crippen molar-refractivity contribution in [2.45, 2.75) is 6.92 Å². The topological polar surface area (TPSA) is 25.8 Å². The average molecular weight is 739 g/mol. The van der Waals surface area contributed by atoms with Gasteiger partial charge in [0.05, 0.1) is 0 Å². The Morgan fingerprint density at radius 3 is 2.02 bits per heavy atom. The van der Waals surface area contributed by atoms with Crippen molar-refractivity contribution in [3.8, 4) is 22.4 Å². The minimum atomic E-state index is 0.